The van der Waals surface area contributed by atoms with Gasteiger partial charge in [0, 0.05) is 13.1 Å². The van der Waals surface area contributed by atoms with E-state index in [-0.39, 0.29) is 9.88 Å². The van der Waals surface area contributed by atoms with Crippen molar-refractivity contribution in [3.63, 3.8) is 0 Å². The number of amides is 1. The van der Waals surface area contributed by atoms with Crippen molar-refractivity contribution in [2.75, 3.05) is 7.05 Å². The fourth-order valence-electron chi connectivity index (χ4n) is 1.06. The van der Waals surface area contributed by atoms with Crippen LogP contribution in [0, 0.1) is 10.1 Å². The normalized spacial score (nSPS) is 11.9. The maximum atomic E-state index is 11.8. The molecule has 0 saturated carbocycles. The van der Waals surface area contributed by atoms with Crippen molar-refractivity contribution in [3.05, 3.63) is 27.1 Å². The highest BCUT2D eigenvalue weighted by Gasteiger charge is 2.25. The van der Waals surface area contributed by atoms with Gasteiger partial charge < -0.3 is 10.0 Å². The second kappa shape index (κ2) is 4.91. The Bertz CT molecular complexity index is 470. The van der Waals surface area contributed by atoms with Crippen molar-refractivity contribution in [2.45, 2.75) is 13.0 Å². The number of nitrogens with zero attached hydrogens (tertiary/aromatic N) is 2. The second-order valence-electron chi connectivity index (χ2n) is 3.33. The molecule has 0 aliphatic heterocycles. The maximum Gasteiger partial charge on any atom is 0.326 e. The monoisotopic (exact) mass is 258 g/mol. The first-order valence-electron chi connectivity index (χ1n) is 4.58. The summed E-state index contributed by atoms with van der Waals surface area (Å²) in [6.07, 6.45) is 0. The number of likely N-dealkylation sites (N-methyl/N-ethyl adjacent to an activating group) is 1. The molecule has 0 saturated heterocycles. The number of thiophene rings is 1. The zero-order valence-electron chi connectivity index (χ0n) is 9.11. The molecule has 1 heterocycles. The standard InChI is InChI=1S/C9H10N2O5S/c1-5(9(13)14)10(2)8(12)6-3-4-7(17-6)11(15)16/h3-5H,1-2H3,(H,13,14). The van der Waals surface area contributed by atoms with E-state index in [4.69, 9.17) is 5.11 Å². The van der Waals surface area contributed by atoms with Crippen LogP contribution >= 0.6 is 11.3 Å². The summed E-state index contributed by atoms with van der Waals surface area (Å²) in [6, 6.07) is 1.55. The van der Waals surface area contributed by atoms with Crippen LogP contribution in [0.1, 0.15) is 16.6 Å². The Kier molecular flexibility index (Phi) is 3.79. The van der Waals surface area contributed by atoms with Crippen LogP contribution < -0.4 is 0 Å². The third-order valence-electron chi connectivity index (χ3n) is 2.24. The van der Waals surface area contributed by atoms with Gasteiger partial charge in [0.15, 0.2) is 0 Å². The van der Waals surface area contributed by atoms with E-state index in [9.17, 15) is 19.7 Å². The van der Waals surface area contributed by atoms with E-state index in [1.807, 2.05) is 0 Å². The number of carbonyl (C=O) groups is 2. The Morgan fingerprint density at radius 3 is 2.53 bits per heavy atom. The smallest absolute Gasteiger partial charge is 0.326 e. The lowest BCUT2D eigenvalue weighted by Gasteiger charge is -2.20. The predicted octanol–water partition coefficient (Wildman–Crippen LogP) is 1.20. The molecule has 1 aromatic rings. The number of nitro groups is 1. The molecule has 0 spiro atoms. The predicted molar refractivity (Wildman–Crippen MR) is 60.2 cm³/mol. The molecule has 1 amide bonds. The average molecular weight is 258 g/mol. The summed E-state index contributed by atoms with van der Waals surface area (Å²) in [5.41, 5.74) is 0. The summed E-state index contributed by atoms with van der Waals surface area (Å²) in [7, 11) is 1.34. The van der Waals surface area contributed by atoms with Crippen LogP contribution in [0.2, 0.25) is 0 Å². The van der Waals surface area contributed by atoms with Gasteiger partial charge in [-0.1, -0.05) is 11.3 Å². The summed E-state index contributed by atoms with van der Waals surface area (Å²) >= 11 is 0.723. The minimum Gasteiger partial charge on any atom is -0.480 e. The molecule has 1 atom stereocenters. The van der Waals surface area contributed by atoms with Crippen molar-refractivity contribution >= 4 is 28.2 Å². The Balaban J connectivity index is 2.89. The molecule has 0 aliphatic carbocycles. The van der Waals surface area contributed by atoms with Gasteiger partial charge in [-0.15, -0.1) is 0 Å². The summed E-state index contributed by atoms with van der Waals surface area (Å²) in [6.45, 7) is 1.36. The Hall–Kier alpha value is -1.96. The summed E-state index contributed by atoms with van der Waals surface area (Å²) < 4.78 is 0. The molecule has 17 heavy (non-hydrogen) atoms. The van der Waals surface area contributed by atoms with Crippen molar-refractivity contribution in [1.29, 1.82) is 0 Å². The SMILES string of the molecule is CC(C(=O)O)N(C)C(=O)c1ccc([N+](=O)[O-])s1. The van der Waals surface area contributed by atoms with Crippen LogP contribution in [0.25, 0.3) is 0 Å². The molecule has 0 fully saturated rings. The molecule has 0 aliphatic rings. The molecule has 1 rings (SSSR count). The second-order valence-corrected chi connectivity index (χ2v) is 4.39. The highest BCUT2D eigenvalue weighted by Crippen LogP contribution is 2.25. The first-order chi connectivity index (χ1) is 7.84. The molecule has 1 N–H and O–H groups in total. The van der Waals surface area contributed by atoms with Gasteiger partial charge in [0.05, 0.1) is 9.80 Å². The first-order valence-corrected chi connectivity index (χ1v) is 5.40. The van der Waals surface area contributed by atoms with Crippen LogP contribution in [0.4, 0.5) is 5.00 Å². The lowest BCUT2D eigenvalue weighted by molar-refractivity contribution is -0.380. The van der Waals surface area contributed by atoms with Crippen molar-refractivity contribution in [3.8, 4) is 0 Å². The van der Waals surface area contributed by atoms with Crippen LogP contribution in [0.5, 0.6) is 0 Å². The Morgan fingerprint density at radius 1 is 1.53 bits per heavy atom. The molecule has 1 aromatic heterocycles. The quantitative estimate of drug-likeness (QED) is 0.646. The van der Waals surface area contributed by atoms with Gasteiger partial charge in [0.2, 0.25) is 0 Å². The van der Waals surface area contributed by atoms with E-state index < -0.39 is 22.8 Å². The number of carbonyl (C=O) groups excluding carboxylic acids is 1. The molecular formula is C9H10N2O5S. The van der Waals surface area contributed by atoms with Crippen molar-refractivity contribution < 1.29 is 19.6 Å². The average Bonchev–Trinajstić information content (AvgIpc) is 2.75. The first kappa shape index (κ1) is 13.1. The van der Waals surface area contributed by atoms with E-state index in [2.05, 4.69) is 0 Å². The number of hydrogen-bond donors (Lipinski definition) is 1. The number of aliphatic carboxylic acids is 1. The molecule has 92 valence electrons. The largest absolute Gasteiger partial charge is 0.480 e. The van der Waals surface area contributed by atoms with Gasteiger partial charge in [-0.05, 0) is 13.0 Å². The van der Waals surface area contributed by atoms with E-state index in [0.717, 1.165) is 16.2 Å². The highest BCUT2D eigenvalue weighted by atomic mass is 32.1. The minimum absolute atomic E-state index is 0.146. The summed E-state index contributed by atoms with van der Waals surface area (Å²) in [4.78, 5) is 33.5. The van der Waals surface area contributed by atoms with Gasteiger partial charge in [-0.3, -0.25) is 14.9 Å². The zero-order valence-corrected chi connectivity index (χ0v) is 9.93. The lowest BCUT2D eigenvalue weighted by atomic mass is 10.3. The van der Waals surface area contributed by atoms with E-state index >= 15 is 0 Å². The van der Waals surface area contributed by atoms with E-state index in [1.165, 1.54) is 26.1 Å². The van der Waals surface area contributed by atoms with E-state index in [0.29, 0.717) is 0 Å². The summed E-state index contributed by atoms with van der Waals surface area (Å²) in [5, 5.41) is 19.0. The van der Waals surface area contributed by atoms with Crippen LogP contribution in [0.15, 0.2) is 12.1 Å². The van der Waals surface area contributed by atoms with Crippen LogP contribution in [0.3, 0.4) is 0 Å². The molecule has 0 bridgehead atoms. The Morgan fingerprint density at radius 2 is 2.12 bits per heavy atom. The fraction of sp³-hybridized carbons (Fsp3) is 0.333. The highest BCUT2D eigenvalue weighted by molar-refractivity contribution is 7.17. The summed E-state index contributed by atoms with van der Waals surface area (Å²) in [5.74, 6) is -1.68. The number of rotatable bonds is 4. The molecular weight excluding hydrogens is 248 g/mol. The van der Waals surface area contributed by atoms with Crippen molar-refractivity contribution in [1.82, 2.24) is 4.90 Å². The topological polar surface area (TPSA) is 101 Å². The number of hydrogen-bond acceptors (Lipinski definition) is 5. The molecule has 1 unspecified atom stereocenters. The van der Waals surface area contributed by atoms with Gasteiger partial charge in [0.25, 0.3) is 5.91 Å². The van der Waals surface area contributed by atoms with E-state index in [1.54, 1.807) is 0 Å². The Labute approximate surface area is 100 Å². The maximum absolute atomic E-state index is 11.8. The van der Waals surface area contributed by atoms with Gasteiger partial charge in [-0.2, -0.15) is 0 Å². The number of carboxylic acids is 1. The molecule has 0 radical (unpaired) electrons. The molecule has 8 heteroatoms. The zero-order chi connectivity index (χ0) is 13.2. The molecule has 0 aromatic carbocycles. The fourth-order valence-corrected chi connectivity index (χ4v) is 1.86. The number of carboxylic acid groups (broad SMARTS) is 1. The van der Waals surface area contributed by atoms with Gasteiger partial charge in [-0.25, -0.2) is 4.79 Å². The lowest BCUT2D eigenvalue weighted by Crippen LogP contribution is -2.39. The van der Waals surface area contributed by atoms with Crippen LogP contribution in [-0.2, 0) is 4.79 Å². The molecule has 7 nitrogen and oxygen atoms in total. The minimum atomic E-state index is -1.13. The van der Waals surface area contributed by atoms with Gasteiger partial charge >= 0.3 is 11.0 Å². The third-order valence-corrected chi connectivity index (χ3v) is 3.27. The van der Waals surface area contributed by atoms with Crippen LogP contribution in [-0.4, -0.2) is 39.9 Å². The third kappa shape index (κ3) is 2.78. The van der Waals surface area contributed by atoms with Gasteiger partial charge in [0.1, 0.15) is 6.04 Å². The van der Waals surface area contributed by atoms with Crippen molar-refractivity contribution in [2.24, 2.45) is 0 Å².